The molecule has 2 aromatic rings. The third-order valence-corrected chi connectivity index (χ3v) is 1.65. The van der Waals surface area contributed by atoms with E-state index in [4.69, 9.17) is 5.73 Å². The van der Waals surface area contributed by atoms with E-state index in [1.54, 1.807) is 10.8 Å². The fourth-order valence-electron chi connectivity index (χ4n) is 0.986. The Morgan fingerprint density at radius 3 is 3.08 bits per heavy atom. The van der Waals surface area contributed by atoms with Crippen molar-refractivity contribution in [2.45, 2.75) is 13.0 Å². The van der Waals surface area contributed by atoms with Crippen molar-refractivity contribution in [1.82, 2.24) is 19.8 Å². The number of fused-ring (bicyclic) bond motifs is 1. The van der Waals surface area contributed by atoms with E-state index in [0.29, 0.717) is 0 Å². The highest BCUT2D eigenvalue weighted by Gasteiger charge is 2.02. The lowest BCUT2D eigenvalue weighted by Gasteiger charge is -2.02. The monoisotopic (exact) mass is 163 g/mol. The molecule has 2 heterocycles. The van der Waals surface area contributed by atoms with Gasteiger partial charge in [-0.3, -0.25) is 0 Å². The smallest absolute Gasteiger partial charge is 0.177 e. The summed E-state index contributed by atoms with van der Waals surface area (Å²) in [4.78, 5) is 0. The van der Waals surface area contributed by atoms with Crippen LogP contribution in [0, 0.1) is 0 Å². The van der Waals surface area contributed by atoms with Gasteiger partial charge in [0, 0.05) is 6.04 Å². The van der Waals surface area contributed by atoms with Crippen LogP contribution in [0.25, 0.3) is 5.65 Å². The van der Waals surface area contributed by atoms with Crippen LogP contribution in [0.4, 0.5) is 0 Å². The highest BCUT2D eigenvalue weighted by atomic mass is 15.3. The molecule has 5 heteroatoms. The lowest BCUT2D eigenvalue weighted by Crippen LogP contribution is -2.09. The lowest BCUT2D eigenvalue weighted by atomic mass is 10.2. The highest BCUT2D eigenvalue weighted by molar-refractivity contribution is 5.34. The van der Waals surface area contributed by atoms with Gasteiger partial charge in [-0.1, -0.05) is 0 Å². The minimum Gasteiger partial charge on any atom is -0.323 e. The number of hydrogen-bond donors (Lipinski definition) is 1. The molecule has 0 spiro atoms. The first-order valence-electron chi connectivity index (χ1n) is 3.70. The van der Waals surface area contributed by atoms with Gasteiger partial charge < -0.3 is 5.73 Å². The summed E-state index contributed by atoms with van der Waals surface area (Å²) in [6, 6.07) is 3.64. The zero-order chi connectivity index (χ0) is 8.55. The van der Waals surface area contributed by atoms with Gasteiger partial charge in [0.25, 0.3) is 0 Å². The third kappa shape index (κ3) is 1.04. The first kappa shape index (κ1) is 7.17. The predicted octanol–water partition coefficient (Wildman–Crippen LogP) is 0.144. The van der Waals surface area contributed by atoms with Crippen LogP contribution in [0.15, 0.2) is 18.5 Å². The summed E-state index contributed by atoms with van der Waals surface area (Å²) >= 11 is 0. The Hall–Kier alpha value is -1.49. The molecule has 2 N–H and O–H groups in total. The average Bonchev–Trinajstić information content (AvgIpc) is 2.49. The van der Waals surface area contributed by atoms with Gasteiger partial charge in [-0.25, -0.2) is 4.52 Å². The van der Waals surface area contributed by atoms with Gasteiger partial charge in [-0.05, 0) is 19.1 Å². The van der Waals surface area contributed by atoms with Crippen molar-refractivity contribution in [3.8, 4) is 0 Å². The molecule has 12 heavy (non-hydrogen) atoms. The van der Waals surface area contributed by atoms with Crippen LogP contribution in [-0.4, -0.2) is 19.8 Å². The Bertz CT molecular complexity index is 391. The Labute approximate surface area is 69.2 Å². The van der Waals surface area contributed by atoms with Gasteiger partial charge in [0.1, 0.15) is 6.33 Å². The minimum absolute atomic E-state index is 0.0585. The topological polar surface area (TPSA) is 69.1 Å². The van der Waals surface area contributed by atoms with Crippen molar-refractivity contribution in [3.63, 3.8) is 0 Å². The maximum atomic E-state index is 5.66. The van der Waals surface area contributed by atoms with E-state index < -0.39 is 0 Å². The van der Waals surface area contributed by atoms with Gasteiger partial charge >= 0.3 is 0 Å². The second kappa shape index (κ2) is 2.53. The van der Waals surface area contributed by atoms with Gasteiger partial charge in [0.05, 0.1) is 5.69 Å². The van der Waals surface area contributed by atoms with E-state index in [1.165, 1.54) is 0 Å². The molecule has 0 aliphatic rings. The normalized spacial score (nSPS) is 13.5. The summed E-state index contributed by atoms with van der Waals surface area (Å²) in [6.45, 7) is 1.89. The fourth-order valence-corrected chi connectivity index (χ4v) is 0.986. The molecular formula is C7H9N5. The molecule has 1 atom stereocenters. The first-order valence-corrected chi connectivity index (χ1v) is 3.70. The molecular weight excluding hydrogens is 154 g/mol. The van der Waals surface area contributed by atoms with Crippen LogP contribution < -0.4 is 5.73 Å². The van der Waals surface area contributed by atoms with Gasteiger partial charge in [-0.15, -0.1) is 10.2 Å². The van der Waals surface area contributed by atoms with E-state index in [9.17, 15) is 0 Å². The summed E-state index contributed by atoms with van der Waals surface area (Å²) < 4.78 is 1.61. The third-order valence-electron chi connectivity index (χ3n) is 1.65. The Morgan fingerprint density at radius 2 is 2.33 bits per heavy atom. The molecule has 0 saturated carbocycles. The highest BCUT2D eigenvalue weighted by Crippen LogP contribution is 2.05. The van der Waals surface area contributed by atoms with Gasteiger partial charge in [-0.2, -0.15) is 5.10 Å². The van der Waals surface area contributed by atoms with Crippen molar-refractivity contribution in [3.05, 3.63) is 24.2 Å². The lowest BCUT2D eigenvalue weighted by molar-refractivity contribution is 0.734. The fraction of sp³-hybridized carbons (Fsp3) is 0.286. The molecule has 0 saturated heterocycles. The number of aromatic nitrogens is 4. The van der Waals surface area contributed by atoms with Crippen LogP contribution in [0.3, 0.4) is 0 Å². The van der Waals surface area contributed by atoms with Crippen LogP contribution in [0.1, 0.15) is 18.7 Å². The molecule has 62 valence electrons. The number of rotatable bonds is 1. The molecule has 0 amide bonds. The number of nitrogens with two attached hydrogens (primary N) is 1. The van der Waals surface area contributed by atoms with Crippen molar-refractivity contribution >= 4 is 5.65 Å². The first-order chi connectivity index (χ1) is 5.77. The van der Waals surface area contributed by atoms with Crippen molar-refractivity contribution in [2.24, 2.45) is 5.73 Å². The zero-order valence-corrected chi connectivity index (χ0v) is 6.68. The summed E-state index contributed by atoms with van der Waals surface area (Å²) in [5.41, 5.74) is 7.23. The van der Waals surface area contributed by atoms with E-state index in [1.807, 2.05) is 19.1 Å². The largest absolute Gasteiger partial charge is 0.323 e. The summed E-state index contributed by atoms with van der Waals surface area (Å²) in [5.74, 6) is 0. The molecule has 5 nitrogen and oxygen atoms in total. The van der Waals surface area contributed by atoms with Crippen molar-refractivity contribution in [1.29, 1.82) is 0 Å². The van der Waals surface area contributed by atoms with Crippen molar-refractivity contribution in [2.75, 3.05) is 0 Å². The minimum atomic E-state index is -0.0585. The standard InChI is InChI=1S/C7H9N5/c1-5(8)6-2-3-7-10-9-4-12(7)11-6/h2-5H,8H2,1H3. The van der Waals surface area contributed by atoms with E-state index in [0.717, 1.165) is 11.3 Å². The maximum Gasteiger partial charge on any atom is 0.177 e. The summed E-state index contributed by atoms with van der Waals surface area (Å²) in [7, 11) is 0. The molecule has 2 rings (SSSR count). The van der Waals surface area contributed by atoms with Crippen LogP contribution >= 0.6 is 0 Å². The molecule has 0 fully saturated rings. The van der Waals surface area contributed by atoms with E-state index in [-0.39, 0.29) is 6.04 Å². The van der Waals surface area contributed by atoms with E-state index >= 15 is 0 Å². The van der Waals surface area contributed by atoms with E-state index in [2.05, 4.69) is 15.3 Å². The maximum absolute atomic E-state index is 5.66. The Kier molecular flexibility index (Phi) is 1.51. The predicted molar refractivity (Wildman–Crippen MR) is 43.4 cm³/mol. The zero-order valence-electron chi connectivity index (χ0n) is 6.68. The molecule has 0 radical (unpaired) electrons. The van der Waals surface area contributed by atoms with Gasteiger partial charge in [0.2, 0.25) is 0 Å². The van der Waals surface area contributed by atoms with Crippen LogP contribution in [0.5, 0.6) is 0 Å². The Morgan fingerprint density at radius 1 is 1.50 bits per heavy atom. The molecule has 1 unspecified atom stereocenters. The molecule has 0 bridgehead atoms. The Balaban J connectivity index is 2.60. The average molecular weight is 163 g/mol. The number of hydrogen-bond acceptors (Lipinski definition) is 4. The van der Waals surface area contributed by atoms with Crippen LogP contribution in [-0.2, 0) is 0 Å². The second-order valence-corrected chi connectivity index (χ2v) is 2.68. The molecule has 0 aromatic carbocycles. The van der Waals surface area contributed by atoms with Crippen LogP contribution in [0.2, 0.25) is 0 Å². The molecule has 0 aliphatic carbocycles. The summed E-state index contributed by atoms with van der Waals surface area (Å²) in [5, 5.41) is 11.7. The van der Waals surface area contributed by atoms with Gasteiger partial charge in [0.15, 0.2) is 5.65 Å². The SMILES string of the molecule is CC(N)c1ccc2nncn2n1. The molecule has 2 aromatic heterocycles. The summed E-state index contributed by atoms with van der Waals surface area (Å²) in [6.07, 6.45) is 1.56. The van der Waals surface area contributed by atoms with Crippen molar-refractivity contribution < 1.29 is 0 Å². The molecule has 0 aliphatic heterocycles. The second-order valence-electron chi connectivity index (χ2n) is 2.68. The quantitative estimate of drug-likeness (QED) is 0.649. The number of nitrogens with zero attached hydrogens (tertiary/aromatic N) is 4.